The normalized spacial score (nSPS) is 22.9. The maximum atomic E-state index is 13.6. The summed E-state index contributed by atoms with van der Waals surface area (Å²) in [7, 11) is 0. The van der Waals surface area contributed by atoms with E-state index in [0.29, 0.717) is 23.4 Å². The Balaban J connectivity index is 1.38. The van der Waals surface area contributed by atoms with Gasteiger partial charge in [-0.3, -0.25) is 9.59 Å². The molecular formula is C24H29N5O2S. The first-order valence-electron chi connectivity index (χ1n) is 11.7. The van der Waals surface area contributed by atoms with Crippen LogP contribution >= 0.6 is 11.3 Å². The first kappa shape index (κ1) is 20.1. The summed E-state index contributed by atoms with van der Waals surface area (Å²) in [5.41, 5.74) is 9.74. The van der Waals surface area contributed by atoms with Crippen molar-refractivity contribution in [2.75, 3.05) is 23.7 Å². The van der Waals surface area contributed by atoms with E-state index >= 15 is 0 Å². The number of pyridine rings is 1. The van der Waals surface area contributed by atoms with Crippen LogP contribution in [0.3, 0.4) is 0 Å². The van der Waals surface area contributed by atoms with Crippen molar-refractivity contribution in [1.82, 2.24) is 14.9 Å². The maximum Gasteiger partial charge on any atom is 0.258 e. The fraction of sp³-hybridized carbons (Fsp3) is 0.583. The number of carbonyl (C=O) groups excluding carboxylic acids is 2. The van der Waals surface area contributed by atoms with Gasteiger partial charge in [-0.15, -0.1) is 0 Å². The number of aryl methyl sites for hydroxylation is 1. The number of thiazole rings is 1. The van der Waals surface area contributed by atoms with Gasteiger partial charge in [-0.25, -0.2) is 9.97 Å². The molecule has 1 spiro atoms. The van der Waals surface area contributed by atoms with E-state index in [9.17, 15) is 9.59 Å². The molecule has 2 N–H and O–H groups in total. The quantitative estimate of drug-likeness (QED) is 0.760. The molecule has 32 heavy (non-hydrogen) atoms. The number of ketones is 1. The van der Waals surface area contributed by atoms with Crippen molar-refractivity contribution < 1.29 is 9.59 Å². The molecule has 1 amide bonds. The van der Waals surface area contributed by atoms with Gasteiger partial charge in [0.1, 0.15) is 11.6 Å². The zero-order chi connectivity index (χ0) is 22.2. The number of nitrogen functional groups attached to an aromatic ring is 1. The van der Waals surface area contributed by atoms with E-state index in [1.54, 1.807) is 0 Å². The van der Waals surface area contributed by atoms with Crippen LogP contribution in [-0.4, -0.2) is 45.7 Å². The standard InChI is InChI=1S/C24H29N5O2S/c1-13-20(32-23(25)26-13)18-9-16-12-29(14(2)15-3-4-15)22(31)19(16)21(27-18)28-7-5-24(6-8-28)10-17(30)11-24/h9,14-15H,3-8,10-12H2,1-2H3,(H2,25,26)/t14-/m0/s1. The van der Waals surface area contributed by atoms with Crippen molar-refractivity contribution in [3.63, 3.8) is 0 Å². The van der Waals surface area contributed by atoms with Gasteiger partial charge in [0.15, 0.2) is 5.13 Å². The minimum atomic E-state index is 0.119. The Kier molecular flexibility index (Phi) is 4.41. The number of carbonyl (C=O) groups is 2. The van der Waals surface area contributed by atoms with Gasteiger partial charge >= 0.3 is 0 Å². The number of Topliss-reactive ketones (excluding diaryl/α,β-unsaturated/α-hetero) is 1. The van der Waals surface area contributed by atoms with Crippen LogP contribution < -0.4 is 10.6 Å². The van der Waals surface area contributed by atoms with E-state index in [4.69, 9.17) is 10.7 Å². The van der Waals surface area contributed by atoms with Crippen LogP contribution in [0.5, 0.6) is 0 Å². The van der Waals surface area contributed by atoms with Gasteiger partial charge in [-0.05, 0) is 62.5 Å². The van der Waals surface area contributed by atoms with Gasteiger partial charge in [0, 0.05) is 38.5 Å². The summed E-state index contributed by atoms with van der Waals surface area (Å²) < 4.78 is 0. The molecule has 7 nitrogen and oxygen atoms in total. The Hall–Kier alpha value is -2.48. The number of nitrogens with two attached hydrogens (primary N) is 1. The molecule has 0 aromatic carbocycles. The van der Waals surface area contributed by atoms with E-state index in [0.717, 1.165) is 72.0 Å². The molecule has 8 heteroatoms. The van der Waals surface area contributed by atoms with E-state index in [1.807, 2.05) is 11.8 Å². The highest BCUT2D eigenvalue weighted by Gasteiger charge is 2.46. The van der Waals surface area contributed by atoms with Crippen molar-refractivity contribution in [2.45, 2.75) is 65.0 Å². The Labute approximate surface area is 192 Å². The number of hydrogen-bond acceptors (Lipinski definition) is 7. The average Bonchev–Trinajstić information content (AvgIpc) is 3.47. The number of rotatable bonds is 4. The van der Waals surface area contributed by atoms with E-state index in [2.05, 4.69) is 22.9 Å². The third kappa shape index (κ3) is 3.14. The second-order valence-corrected chi connectivity index (χ2v) is 11.3. The van der Waals surface area contributed by atoms with Gasteiger partial charge in [0.05, 0.1) is 21.8 Å². The third-order valence-electron chi connectivity index (χ3n) is 8.01. The lowest BCUT2D eigenvalue weighted by Crippen LogP contribution is -2.48. The molecule has 4 heterocycles. The highest BCUT2D eigenvalue weighted by atomic mass is 32.1. The van der Waals surface area contributed by atoms with Gasteiger partial charge in [-0.1, -0.05) is 11.3 Å². The molecule has 0 bridgehead atoms. The summed E-state index contributed by atoms with van der Waals surface area (Å²) in [6.45, 7) is 6.47. The fourth-order valence-electron chi connectivity index (χ4n) is 5.83. The van der Waals surface area contributed by atoms with E-state index in [1.165, 1.54) is 24.2 Å². The number of piperidine rings is 1. The fourth-order valence-corrected chi connectivity index (χ4v) is 6.63. The van der Waals surface area contributed by atoms with Gasteiger partial charge < -0.3 is 15.5 Å². The predicted molar refractivity (Wildman–Crippen MR) is 125 cm³/mol. The summed E-state index contributed by atoms with van der Waals surface area (Å²) in [4.78, 5) is 39.9. The van der Waals surface area contributed by atoms with E-state index < -0.39 is 0 Å². The maximum absolute atomic E-state index is 13.6. The van der Waals surface area contributed by atoms with Gasteiger partial charge in [0.2, 0.25) is 0 Å². The smallest absolute Gasteiger partial charge is 0.258 e. The number of hydrogen-bond donors (Lipinski definition) is 1. The highest BCUT2D eigenvalue weighted by Crippen LogP contribution is 2.48. The summed E-state index contributed by atoms with van der Waals surface area (Å²) in [6, 6.07) is 2.34. The van der Waals surface area contributed by atoms with Crippen molar-refractivity contribution in [3.05, 3.63) is 22.9 Å². The van der Waals surface area contributed by atoms with Crippen LogP contribution in [0.15, 0.2) is 6.07 Å². The Morgan fingerprint density at radius 1 is 1.19 bits per heavy atom. The van der Waals surface area contributed by atoms with Crippen LogP contribution in [0.25, 0.3) is 10.6 Å². The lowest BCUT2D eigenvalue weighted by atomic mass is 9.62. The molecule has 3 fully saturated rings. The lowest BCUT2D eigenvalue weighted by molar-refractivity contribution is -0.133. The molecule has 6 rings (SSSR count). The average molecular weight is 452 g/mol. The van der Waals surface area contributed by atoms with Crippen LogP contribution in [-0.2, 0) is 11.3 Å². The number of aromatic nitrogens is 2. The molecule has 2 aromatic rings. The zero-order valence-corrected chi connectivity index (χ0v) is 19.5. The summed E-state index contributed by atoms with van der Waals surface area (Å²) in [5.74, 6) is 1.93. The molecule has 1 atom stereocenters. The SMILES string of the molecule is Cc1nc(N)sc1-c1cc2c(c(N3CCC4(CC3)CC(=O)C4)n1)C(=O)N([C@@H](C)C1CC1)C2. The monoisotopic (exact) mass is 451 g/mol. The number of nitrogens with zero attached hydrogens (tertiary/aromatic N) is 4. The van der Waals surface area contributed by atoms with Gasteiger partial charge in [-0.2, -0.15) is 0 Å². The second-order valence-electron chi connectivity index (χ2n) is 10.2. The molecule has 2 aliphatic carbocycles. The van der Waals surface area contributed by atoms with Crippen LogP contribution in [0.2, 0.25) is 0 Å². The van der Waals surface area contributed by atoms with Crippen LogP contribution in [0.4, 0.5) is 10.9 Å². The molecule has 0 unspecified atom stereocenters. The van der Waals surface area contributed by atoms with Crippen LogP contribution in [0, 0.1) is 18.3 Å². The molecule has 168 valence electrons. The Bertz CT molecular complexity index is 1120. The largest absolute Gasteiger partial charge is 0.375 e. The Morgan fingerprint density at radius 2 is 1.91 bits per heavy atom. The molecular weight excluding hydrogens is 422 g/mol. The van der Waals surface area contributed by atoms with Crippen molar-refractivity contribution in [2.24, 2.45) is 11.3 Å². The third-order valence-corrected chi connectivity index (χ3v) is 9.02. The first-order chi connectivity index (χ1) is 15.3. The van der Waals surface area contributed by atoms with Crippen LogP contribution in [0.1, 0.15) is 67.1 Å². The molecule has 2 aromatic heterocycles. The van der Waals surface area contributed by atoms with Gasteiger partial charge in [0.25, 0.3) is 5.91 Å². The zero-order valence-electron chi connectivity index (χ0n) is 18.7. The summed E-state index contributed by atoms with van der Waals surface area (Å²) >= 11 is 1.45. The summed E-state index contributed by atoms with van der Waals surface area (Å²) in [5, 5.41) is 0.538. The minimum Gasteiger partial charge on any atom is -0.375 e. The Morgan fingerprint density at radius 3 is 2.50 bits per heavy atom. The number of amides is 1. The van der Waals surface area contributed by atoms with Crippen molar-refractivity contribution in [3.8, 4) is 10.6 Å². The number of fused-ring (bicyclic) bond motifs is 1. The van der Waals surface area contributed by atoms with Crippen molar-refractivity contribution >= 4 is 34.0 Å². The molecule has 4 aliphatic rings. The molecule has 2 saturated carbocycles. The molecule has 1 saturated heterocycles. The molecule has 0 radical (unpaired) electrons. The topological polar surface area (TPSA) is 92.4 Å². The predicted octanol–water partition coefficient (Wildman–Crippen LogP) is 3.80. The molecule has 2 aliphatic heterocycles. The van der Waals surface area contributed by atoms with E-state index in [-0.39, 0.29) is 17.4 Å². The lowest BCUT2D eigenvalue weighted by Gasteiger charge is -2.47. The summed E-state index contributed by atoms with van der Waals surface area (Å²) in [6.07, 6.45) is 5.84. The second kappa shape index (κ2) is 7.01. The number of anilines is 2. The first-order valence-corrected chi connectivity index (χ1v) is 12.5. The minimum absolute atomic E-state index is 0.119. The highest BCUT2D eigenvalue weighted by molar-refractivity contribution is 7.18. The van der Waals surface area contributed by atoms with Crippen molar-refractivity contribution in [1.29, 1.82) is 0 Å².